The third-order valence-electron chi connectivity index (χ3n) is 3.98. The Hall–Kier alpha value is -3.14. The van der Waals surface area contributed by atoms with Gasteiger partial charge < -0.3 is 10.2 Å². The number of hydrogen-bond donors (Lipinski definition) is 2. The minimum Gasteiger partial charge on any atom is -0.507 e. The molecule has 0 amide bonds. The maximum atomic E-state index is 12.3. The van der Waals surface area contributed by atoms with E-state index in [0.29, 0.717) is 21.5 Å². The van der Waals surface area contributed by atoms with E-state index >= 15 is 0 Å². The first-order valence-corrected chi connectivity index (χ1v) is 6.75. The molecule has 0 saturated carbocycles. The highest BCUT2D eigenvalue weighted by molar-refractivity contribution is 6.19. The van der Waals surface area contributed by atoms with Crippen LogP contribution in [-0.4, -0.2) is 10.2 Å². The third kappa shape index (κ3) is 1.52. The van der Waals surface area contributed by atoms with Crippen molar-refractivity contribution in [1.82, 2.24) is 0 Å². The number of fused-ring (bicyclic) bond motifs is 1. The van der Waals surface area contributed by atoms with Gasteiger partial charge in [-0.05, 0) is 23.6 Å². The van der Waals surface area contributed by atoms with Gasteiger partial charge in [-0.15, -0.1) is 0 Å². The molecule has 0 unspecified atom stereocenters. The summed E-state index contributed by atoms with van der Waals surface area (Å²) in [5.41, 5.74) is -0.619. The SMILES string of the molecule is O=c1cc2ccc(=O)c3c(O)c4ccccc4c(O)c(c1)c23. The van der Waals surface area contributed by atoms with Crippen molar-refractivity contribution < 1.29 is 10.2 Å². The fourth-order valence-corrected chi connectivity index (χ4v) is 3.02. The standard InChI is InChI=1S/C18H10O4/c19-10-7-9-5-6-14(20)16-15(9)13(8-10)17(21)11-3-1-2-4-12(11)18(16)22/h1-8,21-22H. The molecule has 22 heavy (non-hydrogen) atoms. The minimum absolute atomic E-state index is 0.115. The summed E-state index contributed by atoms with van der Waals surface area (Å²) >= 11 is 0. The zero-order valence-corrected chi connectivity index (χ0v) is 11.3. The predicted molar refractivity (Wildman–Crippen MR) is 86.0 cm³/mol. The molecule has 0 atom stereocenters. The lowest BCUT2D eigenvalue weighted by molar-refractivity contribution is 0.484. The van der Waals surface area contributed by atoms with E-state index in [1.54, 1.807) is 24.3 Å². The van der Waals surface area contributed by atoms with Crippen LogP contribution in [0.5, 0.6) is 11.5 Å². The van der Waals surface area contributed by atoms with E-state index in [4.69, 9.17) is 0 Å². The first-order valence-electron chi connectivity index (χ1n) is 6.75. The average Bonchev–Trinajstić information content (AvgIpc) is 2.61. The van der Waals surface area contributed by atoms with Crippen LogP contribution in [0.4, 0.5) is 0 Å². The lowest BCUT2D eigenvalue weighted by atomic mass is 10.0. The predicted octanol–water partition coefficient (Wildman–Crippen LogP) is 2.72. The van der Waals surface area contributed by atoms with Gasteiger partial charge in [0, 0.05) is 21.5 Å². The Morgan fingerprint density at radius 2 is 1.36 bits per heavy atom. The monoisotopic (exact) mass is 290 g/mol. The van der Waals surface area contributed by atoms with Crippen LogP contribution in [-0.2, 0) is 0 Å². The van der Waals surface area contributed by atoms with Crippen LogP contribution >= 0.6 is 0 Å². The molecule has 4 aromatic carbocycles. The fourth-order valence-electron chi connectivity index (χ4n) is 3.02. The third-order valence-corrected chi connectivity index (χ3v) is 3.98. The highest BCUT2D eigenvalue weighted by atomic mass is 16.3. The molecule has 0 radical (unpaired) electrons. The van der Waals surface area contributed by atoms with Crippen LogP contribution in [0.15, 0.2) is 58.1 Å². The molecule has 0 aliphatic carbocycles. The zero-order valence-electron chi connectivity index (χ0n) is 11.3. The molecule has 0 aliphatic heterocycles. The second-order valence-corrected chi connectivity index (χ2v) is 5.25. The quantitative estimate of drug-likeness (QED) is 0.522. The Morgan fingerprint density at radius 1 is 0.682 bits per heavy atom. The molecular weight excluding hydrogens is 280 g/mol. The minimum atomic E-state index is -0.352. The zero-order chi connectivity index (χ0) is 15.4. The summed E-state index contributed by atoms with van der Waals surface area (Å²) in [6.45, 7) is 0. The summed E-state index contributed by atoms with van der Waals surface area (Å²) < 4.78 is 0. The molecule has 0 spiro atoms. The maximum Gasteiger partial charge on any atom is 0.190 e. The number of rotatable bonds is 0. The van der Waals surface area contributed by atoms with Gasteiger partial charge in [-0.25, -0.2) is 0 Å². The molecule has 106 valence electrons. The van der Waals surface area contributed by atoms with Gasteiger partial charge in [0.05, 0.1) is 5.39 Å². The summed E-state index contributed by atoms with van der Waals surface area (Å²) in [6, 6.07) is 12.2. The van der Waals surface area contributed by atoms with Gasteiger partial charge in [0.15, 0.2) is 10.9 Å². The highest BCUT2D eigenvalue weighted by Crippen LogP contribution is 2.40. The van der Waals surface area contributed by atoms with Gasteiger partial charge in [0.2, 0.25) is 0 Å². The summed E-state index contributed by atoms with van der Waals surface area (Å²) in [5, 5.41) is 23.2. The van der Waals surface area contributed by atoms with Gasteiger partial charge in [-0.1, -0.05) is 30.3 Å². The highest BCUT2D eigenvalue weighted by Gasteiger charge is 2.16. The van der Waals surface area contributed by atoms with Crippen LogP contribution in [0.1, 0.15) is 0 Å². The van der Waals surface area contributed by atoms with Crippen LogP contribution < -0.4 is 10.9 Å². The van der Waals surface area contributed by atoms with Crippen molar-refractivity contribution in [3.8, 4) is 11.5 Å². The van der Waals surface area contributed by atoms with Crippen LogP contribution in [0.25, 0.3) is 32.3 Å². The smallest absolute Gasteiger partial charge is 0.190 e. The Kier molecular flexibility index (Phi) is 2.39. The van der Waals surface area contributed by atoms with E-state index < -0.39 is 0 Å². The molecule has 0 saturated heterocycles. The van der Waals surface area contributed by atoms with Gasteiger partial charge in [-0.2, -0.15) is 0 Å². The summed E-state index contributed by atoms with van der Waals surface area (Å²) in [5.74, 6) is -0.302. The summed E-state index contributed by atoms with van der Waals surface area (Å²) in [4.78, 5) is 24.1. The number of hydrogen-bond acceptors (Lipinski definition) is 4. The van der Waals surface area contributed by atoms with Gasteiger partial charge in [-0.3, -0.25) is 9.59 Å². The number of aromatic hydroxyl groups is 2. The lowest BCUT2D eigenvalue weighted by Gasteiger charge is -2.01. The van der Waals surface area contributed by atoms with Crippen molar-refractivity contribution >= 4 is 32.3 Å². The molecular formula is C18H10O4. The van der Waals surface area contributed by atoms with Gasteiger partial charge in [0.25, 0.3) is 0 Å². The first-order chi connectivity index (χ1) is 10.6. The topological polar surface area (TPSA) is 74.6 Å². The van der Waals surface area contributed by atoms with Crippen molar-refractivity contribution in [2.24, 2.45) is 0 Å². The van der Waals surface area contributed by atoms with Crippen molar-refractivity contribution in [2.75, 3.05) is 0 Å². The average molecular weight is 290 g/mol. The molecule has 4 rings (SSSR count). The van der Waals surface area contributed by atoms with E-state index in [1.165, 1.54) is 24.3 Å². The van der Waals surface area contributed by atoms with Gasteiger partial charge >= 0.3 is 0 Å². The van der Waals surface area contributed by atoms with E-state index in [1.807, 2.05) is 0 Å². The summed E-state index contributed by atoms with van der Waals surface area (Å²) in [6.07, 6.45) is 0. The van der Waals surface area contributed by atoms with Gasteiger partial charge in [0.1, 0.15) is 11.5 Å². The molecule has 4 heteroatoms. The second-order valence-electron chi connectivity index (χ2n) is 5.25. The van der Waals surface area contributed by atoms with Crippen LogP contribution in [0, 0.1) is 0 Å². The Balaban J connectivity index is 2.58. The van der Waals surface area contributed by atoms with E-state index in [-0.39, 0.29) is 33.1 Å². The van der Waals surface area contributed by atoms with Crippen LogP contribution in [0.3, 0.4) is 0 Å². The van der Waals surface area contributed by atoms with Crippen molar-refractivity contribution in [2.45, 2.75) is 0 Å². The number of benzene rings is 3. The molecule has 0 bridgehead atoms. The van der Waals surface area contributed by atoms with Crippen molar-refractivity contribution in [3.05, 3.63) is 69.0 Å². The molecule has 0 aromatic heterocycles. The van der Waals surface area contributed by atoms with E-state index in [2.05, 4.69) is 0 Å². The normalized spacial score (nSPS) is 11.5. The van der Waals surface area contributed by atoms with Crippen molar-refractivity contribution in [1.29, 1.82) is 0 Å². The fraction of sp³-hybridized carbons (Fsp3) is 0. The molecule has 0 aliphatic rings. The molecule has 0 fully saturated rings. The molecule has 0 heterocycles. The van der Waals surface area contributed by atoms with E-state index in [0.717, 1.165) is 0 Å². The summed E-state index contributed by atoms with van der Waals surface area (Å²) in [7, 11) is 0. The van der Waals surface area contributed by atoms with Crippen molar-refractivity contribution in [3.63, 3.8) is 0 Å². The lowest BCUT2D eigenvalue weighted by Crippen LogP contribution is -2.02. The second kappa shape index (κ2) is 4.18. The van der Waals surface area contributed by atoms with E-state index in [9.17, 15) is 19.8 Å². The molecule has 4 aromatic rings. The Morgan fingerprint density at radius 3 is 2.09 bits per heavy atom. The largest absolute Gasteiger partial charge is 0.507 e. The first kappa shape index (κ1) is 12.6. The Bertz CT molecular complexity index is 1180. The molecule has 2 N–H and O–H groups in total. The molecule has 4 nitrogen and oxygen atoms in total. The van der Waals surface area contributed by atoms with Crippen LogP contribution in [0.2, 0.25) is 0 Å². The Labute approximate surface area is 123 Å². The maximum absolute atomic E-state index is 12.3.